The predicted octanol–water partition coefficient (Wildman–Crippen LogP) is 2.83. The average Bonchev–Trinajstić information content (AvgIpc) is 2.65. The van der Waals surface area contributed by atoms with Crippen molar-refractivity contribution in [2.75, 3.05) is 33.9 Å². The molecule has 0 fully saturated rings. The number of carbonyl (C=O) groups is 2. The fourth-order valence-corrected chi connectivity index (χ4v) is 4.29. The number of amides is 2. The number of nitrogens with zero attached hydrogens (tertiary/aromatic N) is 2. The second-order valence-electron chi connectivity index (χ2n) is 7.25. The molecule has 2 aromatic rings. The maximum Gasteiger partial charge on any atom is 0.244 e. The van der Waals surface area contributed by atoms with Crippen molar-refractivity contribution in [2.24, 2.45) is 0 Å². The second kappa shape index (κ2) is 8.24. The number of para-hydroxylation sites is 2. The average molecular weight is 416 g/mol. The molecule has 1 N–H and O–H groups in total. The maximum absolute atomic E-state index is 12.8. The van der Waals surface area contributed by atoms with Crippen molar-refractivity contribution >= 4 is 38.9 Å². The molecule has 0 saturated heterocycles. The zero-order chi connectivity index (χ0) is 21.2. The van der Waals surface area contributed by atoms with Crippen LogP contribution < -0.4 is 14.5 Å². The van der Waals surface area contributed by atoms with Crippen LogP contribution in [0.5, 0.6) is 0 Å². The van der Waals surface area contributed by atoms with Gasteiger partial charge in [-0.2, -0.15) is 0 Å². The Kier molecular flexibility index (Phi) is 5.93. The molecule has 0 spiro atoms. The summed E-state index contributed by atoms with van der Waals surface area (Å²) in [5.74, 6) is -0.453. The monoisotopic (exact) mass is 415 g/mol. The third-order valence-corrected chi connectivity index (χ3v) is 6.20. The van der Waals surface area contributed by atoms with Gasteiger partial charge < -0.3 is 10.2 Å². The van der Waals surface area contributed by atoms with Crippen molar-refractivity contribution in [3.63, 3.8) is 0 Å². The summed E-state index contributed by atoms with van der Waals surface area (Å²) >= 11 is 0. The first-order valence-electron chi connectivity index (χ1n) is 9.41. The van der Waals surface area contributed by atoms with Gasteiger partial charge >= 0.3 is 0 Å². The lowest BCUT2D eigenvalue weighted by Crippen LogP contribution is -2.42. The molecule has 0 atom stereocenters. The number of nitrogens with one attached hydrogen (secondary N) is 1. The van der Waals surface area contributed by atoms with Gasteiger partial charge in [-0.1, -0.05) is 18.2 Å². The highest BCUT2D eigenvalue weighted by molar-refractivity contribution is 7.92. The summed E-state index contributed by atoms with van der Waals surface area (Å²) in [6.07, 6.45) is 1.65. The molecule has 1 aliphatic heterocycles. The van der Waals surface area contributed by atoms with Crippen LogP contribution in [0, 0.1) is 13.8 Å². The van der Waals surface area contributed by atoms with E-state index in [4.69, 9.17) is 0 Å². The number of hydrogen-bond donors (Lipinski definition) is 1. The van der Waals surface area contributed by atoms with Crippen LogP contribution in [0.3, 0.4) is 0 Å². The fourth-order valence-electron chi connectivity index (χ4n) is 3.33. The molecule has 1 heterocycles. The van der Waals surface area contributed by atoms with Crippen LogP contribution in [0.4, 0.5) is 17.1 Å². The Hall–Kier alpha value is -2.87. The van der Waals surface area contributed by atoms with Crippen molar-refractivity contribution in [1.29, 1.82) is 0 Å². The van der Waals surface area contributed by atoms with Gasteiger partial charge in [0.25, 0.3) is 0 Å². The summed E-state index contributed by atoms with van der Waals surface area (Å²) in [5, 5.41) is 2.75. The number of hydrogen-bond acceptors (Lipinski definition) is 4. The molecule has 1 aliphatic rings. The van der Waals surface area contributed by atoms with E-state index < -0.39 is 10.0 Å². The predicted molar refractivity (Wildman–Crippen MR) is 115 cm³/mol. The minimum atomic E-state index is -3.48. The van der Waals surface area contributed by atoms with E-state index >= 15 is 0 Å². The third kappa shape index (κ3) is 4.76. The standard InChI is InChI=1S/C21H25N3O4S/c1-15-10-11-17(13-16(15)2)24(29(3,27)28)12-6-9-21(26)23-14-20(25)22-18-7-4-5-8-19(18)23/h4-5,7-8,10-11,13H,6,9,12,14H2,1-3H3,(H,22,25). The number of aryl methyl sites for hydroxylation is 2. The highest BCUT2D eigenvalue weighted by Crippen LogP contribution is 2.29. The SMILES string of the molecule is Cc1ccc(N(CCCC(=O)N2CC(=O)Nc3ccccc32)S(C)(=O)=O)cc1C. The number of carbonyl (C=O) groups excluding carboxylic acids is 2. The van der Waals surface area contributed by atoms with Crippen LogP contribution in [-0.2, 0) is 19.6 Å². The smallest absolute Gasteiger partial charge is 0.244 e. The normalized spacial score (nSPS) is 13.6. The zero-order valence-corrected chi connectivity index (χ0v) is 17.6. The van der Waals surface area contributed by atoms with Gasteiger partial charge in [0.05, 0.1) is 23.3 Å². The lowest BCUT2D eigenvalue weighted by Gasteiger charge is -2.29. The summed E-state index contributed by atoms with van der Waals surface area (Å²) < 4.78 is 25.9. The van der Waals surface area contributed by atoms with Gasteiger partial charge in [0.2, 0.25) is 21.8 Å². The molecule has 3 rings (SSSR count). The first-order chi connectivity index (χ1) is 13.7. The topological polar surface area (TPSA) is 86.8 Å². The van der Waals surface area contributed by atoms with E-state index in [9.17, 15) is 18.0 Å². The quantitative estimate of drug-likeness (QED) is 0.786. The van der Waals surface area contributed by atoms with Gasteiger partial charge in [-0.05, 0) is 55.7 Å². The molecule has 2 aromatic carbocycles. The summed E-state index contributed by atoms with van der Waals surface area (Å²) in [6.45, 7) is 4.05. The van der Waals surface area contributed by atoms with Gasteiger partial charge in [0.15, 0.2) is 0 Å². The van der Waals surface area contributed by atoms with Gasteiger partial charge in [-0.15, -0.1) is 0 Å². The van der Waals surface area contributed by atoms with Gasteiger partial charge in [0, 0.05) is 13.0 Å². The second-order valence-corrected chi connectivity index (χ2v) is 9.16. The van der Waals surface area contributed by atoms with Crippen LogP contribution in [0.25, 0.3) is 0 Å². The molecule has 29 heavy (non-hydrogen) atoms. The highest BCUT2D eigenvalue weighted by Gasteiger charge is 2.26. The lowest BCUT2D eigenvalue weighted by atomic mass is 10.1. The fraction of sp³-hybridized carbons (Fsp3) is 0.333. The van der Waals surface area contributed by atoms with E-state index in [-0.39, 0.29) is 31.3 Å². The Labute approximate surface area is 171 Å². The van der Waals surface area contributed by atoms with Crippen molar-refractivity contribution in [2.45, 2.75) is 26.7 Å². The van der Waals surface area contributed by atoms with Crippen LogP contribution in [0.1, 0.15) is 24.0 Å². The van der Waals surface area contributed by atoms with Crippen molar-refractivity contribution in [3.8, 4) is 0 Å². The molecule has 7 nitrogen and oxygen atoms in total. The third-order valence-electron chi connectivity index (χ3n) is 5.00. The molecular formula is C21H25N3O4S. The minimum absolute atomic E-state index is 0.0389. The van der Waals surface area contributed by atoms with E-state index in [2.05, 4.69) is 5.32 Å². The highest BCUT2D eigenvalue weighted by atomic mass is 32.2. The van der Waals surface area contributed by atoms with Crippen LogP contribution in [0.15, 0.2) is 42.5 Å². The first-order valence-corrected chi connectivity index (χ1v) is 11.3. The van der Waals surface area contributed by atoms with Gasteiger partial charge in [0.1, 0.15) is 6.54 Å². The summed E-state index contributed by atoms with van der Waals surface area (Å²) in [6, 6.07) is 12.6. The Balaban J connectivity index is 1.71. The van der Waals surface area contributed by atoms with Crippen molar-refractivity contribution in [1.82, 2.24) is 0 Å². The molecule has 154 valence electrons. The van der Waals surface area contributed by atoms with E-state index in [0.29, 0.717) is 23.5 Å². The van der Waals surface area contributed by atoms with Crippen LogP contribution >= 0.6 is 0 Å². The van der Waals surface area contributed by atoms with Crippen LogP contribution in [-0.4, -0.2) is 39.6 Å². The molecule has 0 aliphatic carbocycles. The number of anilines is 3. The lowest BCUT2D eigenvalue weighted by molar-refractivity contribution is -0.121. The van der Waals surface area contributed by atoms with E-state index in [1.807, 2.05) is 32.0 Å². The van der Waals surface area contributed by atoms with E-state index in [0.717, 1.165) is 17.4 Å². The Morgan fingerprint density at radius 1 is 1.14 bits per heavy atom. The molecule has 0 saturated carbocycles. The zero-order valence-electron chi connectivity index (χ0n) is 16.8. The van der Waals surface area contributed by atoms with Crippen molar-refractivity contribution < 1.29 is 18.0 Å². The molecule has 8 heteroatoms. The maximum atomic E-state index is 12.8. The number of fused-ring (bicyclic) bond motifs is 1. The molecule has 0 radical (unpaired) electrons. The number of rotatable bonds is 6. The van der Waals surface area contributed by atoms with E-state index in [1.54, 1.807) is 24.3 Å². The Morgan fingerprint density at radius 3 is 2.55 bits per heavy atom. The largest absolute Gasteiger partial charge is 0.323 e. The summed E-state index contributed by atoms with van der Waals surface area (Å²) in [4.78, 5) is 26.1. The number of sulfonamides is 1. The summed E-state index contributed by atoms with van der Waals surface area (Å²) in [5.41, 5.74) is 3.93. The first kappa shape index (κ1) is 20.9. The summed E-state index contributed by atoms with van der Waals surface area (Å²) in [7, 11) is -3.48. The van der Waals surface area contributed by atoms with Gasteiger partial charge in [-0.3, -0.25) is 13.9 Å². The molecule has 0 bridgehead atoms. The van der Waals surface area contributed by atoms with E-state index in [1.165, 1.54) is 9.21 Å². The van der Waals surface area contributed by atoms with Crippen LogP contribution in [0.2, 0.25) is 0 Å². The minimum Gasteiger partial charge on any atom is -0.323 e. The van der Waals surface area contributed by atoms with Crippen molar-refractivity contribution in [3.05, 3.63) is 53.6 Å². The molecule has 0 unspecified atom stereocenters. The Bertz CT molecular complexity index is 1050. The molecular weight excluding hydrogens is 390 g/mol. The Morgan fingerprint density at radius 2 is 1.86 bits per heavy atom. The molecule has 0 aromatic heterocycles. The number of benzene rings is 2. The molecule has 2 amide bonds. The van der Waals surface area contributed by atoms with Gasteiger partial charge in [-0.25, -0.2) is 8.42 Å².